The maximum absolute atomic E-state index is 12.8. The normalized spacial score (nSPS) is 12.0. The number of amides is 1. The van der Waals surface area contributed by atoms with Crippen molar-refractivity contribution in [3.8, 4) is 11.4 Å². The highest BCUT2D eigenvalue weighted by Gasteiger charge is 2.23. The summed E-state index contributed by atoms with van der Waals surface area (Å²) in [5.74, 6) is -0.920. The molecule has 0 saturated carbocycles. The van der Waals surface area contributed by atoms with Gasteiger partial charge in [0.25, 0.3) is 5.91 Å². The van der Waals surface area contributed by atoms with Gasteiger partial charge in [0, 0.05) is 22.4 Å². The molecule has 1 aromatic heterocycles. The van der Waals surface area contributed by atoms with E-state index in [1.165, 1.54) is 12.1 Å². The Bertz CT molecular complexity index is 1250. The van der Waals surface area contributed by atoms with Crippen LogP contribution in [-0.2, 0) is 10.0 Å². The van der Waals surface area contributed by atoms with Crippen molar-refractivity contribution in [1.82, 2.24) is 14.9 Å². The van der Waals surface area contributed by atoms with E-state index < -0.39 is 27.2 Å². The predicted molar refractivity (Wildman–Crippen MR) is 112 cm³/mol. The molecule has 158 valence electrons. The highest BCUT2D eigenvalue weighted by atomic mass is 32.2. The second-order valence-corrected chi connectivity index (χ2v) is 9.49. The van der Waals surface area contributed by atoms with Gasteiger partial charge in [-0.25, -0.2) is 17.9 Å². The molecule has 0 spiro atoms. The number of nitrogens with one attached hydrogen (secondary N) is 3. The minimum atomic E-state index is -3.79. The second kappa shape index (κ2) is 7.88. The second-order valence-electron chi connectivity index (χ2n) is 7.81. The molecule has 0 aliphatic carbocycles. The molecule has 0 aliphatic rings. The molecule has 10 heteroatoms. The number of H-pyrrole nitrogens is 1. The molecule has 0 fully saturated rings. The van der Waals surface area contributed by atoms with Gasteiger partial charge < -0.3 is 5.32 Å². The van der Waals surface area contributed by atoms with Gasteiger partial charge in [0.1, 0.15) is 0 Å². The van der Waals surface area contributed by atoms with Gasteiger partial charge in [-0.15, -0.1) is 0 Å². The number of anilines is 1. The maximum Gasteiger partial charge on any atom is 0.439 e. The van der Waals surface area contributed by atoms with Gasteiger partial charge >= 0.3 is 5.76 Å². The highest BCUT2D eigenvalue weighted by Crippen LogP contribution is 2.21. The molecule has 9 nitrogen and oxygen atoms in total. The first-order valence-corrected chi connectivity index (χ1v) is 10.6. The van der Waals surface area contributed by atoms with E-state index >= 15 is 0 Å². The highest BCUT2D eigenvalue weighted by molar-refractivity contribution is 7.89. The first-order valence-electron chi connectivity index (χ1n) is 9.07. The van der Waals surface area contributed by atoms with Gasteiger partial charge in [0.05, 0.1) is 4.90 Å². The molecule has 0 radical (unpaired) electrons. The van der Waals surface area contributed by atoms with Crippen LogP contribution < -0.4 is 15.8 Å². The summed E-state index contributed by atoms with van der Waals surface area (Å²) in [6, 6.07) is 11.0. The van der Waals surface area contributed by atoms with Gasteiger partial charge in [-0.05, 0) is 57.5 Å². The number of hydrogen-bond acceptors (Lipinski definition) is 6. The lowest BCUT2D eigenvalue weighted by Gasteiger charge is -2.20. The Labute approximate surface area is 173 Å². The summed E-state index contributed by atoms with van der Waals surface area (Å²) in [6.07, 6.45) is 0. The molecule has 2 aromatic carbocycles. The number of aromatic nitrogens is 2. The fourth-order valence-corrected chi connectivity index (χ4v) is 4.22. The largest absolute Gasteiger partial charge is 0.439 e. The van der Waals surface area contributed by atoms with Crippen LogP contribution in [-0.4, -0.2) is 30.0 Å². The number of aryl methyl sites for hydroxylation is 1. The van der Waals surface area contributed by atoms with Crippen molar-refractivity contribution in [3.63, 3.8) is 0 Å². The maximum atomic E-state index is 12.8. The average Bonchev–Trinajstić information content (AvgIpc) is 3.06. The van der Waals surface area contributed by atoms with Crippen LogP contribution in [0.2, 0.25) is 0 Å². The lowest BCUT2D eigenvalue weighted by Crippen LogP contribution is -2.40. The van der Waals surface area contributed by atoms with E-state index in [1.807, 2.05) is 0 Å². The van der Waals surface area contributed by atoms with Crippen LogP contribution in [0.3, 0.4) is 0 Å². The molecule has 1 amide bonds. The quantitative estimate of drug-likeness (QED) is 0.570. The van der Waals surface area contributed by atoms with Crippen molar-refractivity contribution < 1.29 is 17.7 Å². The molecule has 30 heavy (non-hydrogen) atoms. The van der Waals surface area contributed by atoms with Gasteiger partial charge in [-0.1, -0.05) is 23.4 Å². The molecule has 1 heterocycles. The molecular weight excluding hydrogens is 408 g/mol. The SMILES string of the molecule is Cc1ccc(S(=O)(=O)NC(C)(C)C)cc1C(=O)Nc1cccc(-c2noc(=O)[nH]2)c1. The Morgan fingerprint density at radius 2 is 1.87 bits per heavy atom. The molecule has 0 saturated heterocycles. The lowest BCUT2D eigenvalue weighted by molar-refractivity contribution is 0.102. The Kier molecular flexibility index (Phi) is 5.64. The van der Waals surface area contributed by atoms with Crippen LogP contribution >= 0.6 is 0 Å². The van der Waals surface area contributed by atoms with E-state index in [2.05, 4.69) is 24.7 Å². The molecule has 3 N–H and O–H groups in total. The van der Waals surface area contributed by atoms with E-state index in [0.717, 1.165) is 0 Å². The number of hydrogen-bond donors (Lipinski definition) is 3. The number of aromatic amines is 1. The van der Waals surface area contributed by atoms with Crippen LogP contribution in [0.4, 0.5) is 5.69 Å². The summed E-state index contributed by atoms with van der Waals surface area (Å²) in [4.78, 5) is 26.4. The van der Waals surface area contributed by atoms with Gasteiger partial charge in [-0.3, -0.25) is 14.3 Å². The fourth-order valence-electron chi connectivity index (χ4n) is 2.77. The van der Waals surface area contributed by atoms with Crippen LogP contribution in [0.1, 0.15) is 36.7 Å². The van der Waals surface area contributed by atoms with E-state index in [9.17, 15) is 18.0 Å². The van der Waals surface area contributed by atoms with Crippen molar-refractivity contribution in [2.45, 2.75) is 38.1 Å². The Morgan fingerprint density at radius 1 is 1.13 bits per heavy atom. The number of nitrogens with zero attached hydrogens (tertiary/aromatic N) is 1. The molecule has 3 rings (SSSR count). The molecule has 0 atom stereocenters. The summed E-state index contributed by atoms with van der Waals surface area (Å²) < 4.78 is 32.3. The summed E-state index contributed by atoms with van der Waals surface area (Å²) in [7, 11) is -3.79. The first-order chi connectivity index (χ1) is 13.9. The topological polar surface area (TPSA) is 134 Å². The summed E-state index contributed by atoms with van der Waals surface area (Å²) in [6.45, 7) is 6.93. The first kappa shape index (κ1) is 21.5. The van der Waals surface area contributed by atoms with Crippen molar-refractivity contribution in [2.24, 2.45) is 0 Å². The number of sulfonamides is 1. The minimum absolute atomic E-state index is 0.00194. The molecule has 0 aliphatic heterocycles. The van der Waals surface area contributed by atoms with E-state index in [1.54, 1.807) is 58.0 Å². The Balaban J connectivity index is 1.88. The van der Waals surface area contributed by atoms with Crippen LogP contribution in [0.15, 0.2) is 56.7 Å². The monoisotopic (exact) mass is 430 g/mol. The van der Waals surface area contributed by atoms with E-state index in [4.69, 9.17) is 0 Å². The minimum Gasteiger partial charge on any atom is -0.322 e. The van der Waals surface area contributed by atoms with E-state index in [-0.39, 0.29) is 16.3 Å². The predicted octanol–water partition coefficient (Wildman–Crippen LogP) is 2.67. The van der Waals surface area contributed by atoms with Gasteiger partial charge in [0.15, 0.2) is 5.82 Å². The zero-order chi connectivity index (χ0) is 22.1. The smallest absolute Gasteiger partial charge is 0.322 e. The third kappa shape index (κ3) is 5.02. The third-order valence-electron chi connectivity index (χ3n) is 4.04. The molecular formula is C20H22N4O5S. The Hall–Kier alpha value is -3.24. The fraction of sp³-hybridized carbons (Fsp3) is 0.250. The zero-order valence-electron chi connectivity index (χ0n) is 16.9. The van der Waals surface area contributed by atoms with Crippen molar-refractivity contribution in [3.05, 3.63) is 64.1 Å². The summed E-state index contributed by atoms with van der Waals surface area (Å²) in [5.41, 5.74) is 1.18. The zero-order valence-corrected chi connectivity index (χ0v) is 17.8. The van der Waals surface area contributed by atoms with Crippen molar-refractivity contribution in [2.75, 3.05) is 5.32 Å². The number of rotatable bonds is 5. The number of carbonyl (C=O) groups excluding carboxylic acids is 1. The number of benzene rings is 2. The van der Waals surface area contributed by atoms with Crippen LogP contribution in [0, 0.1) is 6.92 Å². The Morgan fingerprint density at radius 3 is 2.50 bits per heavy atom. The van der Waals surface area contributed by atoms with Gasteiger partial charge in [-0.2, -0.15) is 0 Å². The van der Waals surface area contributed by atoms with E-state index in [0.29, 0.717) is 16.8 Å². The molecule has 0 bridgehead atoms. The molecule has 0 unspecified atom stereocenters. The third-order valence-corrected chi connectivity index (χ3v) is 5.79. The van der Waals surface area contributed by atoms with Crippen LogP contribution in [0.5, 0.6) is 0 Å². The average molecular weight is 430 g/mol. The molecule has 3 aromatic rings. The van der Waals surface area contributed by atoms with Crippen molar-refractivity contribution in [1.29, 1.82) is 0 Å². The summed E-state index contributed by atoms with van der Waals surface area (Å²) in [5, 5.41) is 6.36. The number of carbonyl (C=O) groups is 1. The van der Waals surface area contributed by atoms with Crippen LogP contribution in [0.25, 0.3) is 11.4 Å². The van der Waals surface area contributed by atoms with Crippen molar-refractivity contribution >= 4 is 21.6 Å². The summed E-state index contributed by atoms with van der Waals surface area (Å²) >= 11 is 0. The standard InChI is InChI=1S/C20H22N4O5S/c1-12-8-9-15(30(27,28)24-20(2,3)4)11-16(12)18(25)21-14-7-5-6-13(10-14)17-22-19(26)29-23-17/h5-11,24H,1-4H3,(H,21,25)(H,22,23,26). The lowest BCUT2D eigenvalue weighted by atomic mass is 10.1. The van der Waals surface area contributed by atoms with Gasteiger partial charge in [0.2, 0.25) is 10.0 Å².